The summed E-state index contributed by atoms with van der Waals surface area (Å²) in [5, 5.41) is 13.5. The van der Waals surface area contributed by atoms with Crippen molar-refractivity contribution < 1.29 is 19.4 Å². The number of carbonyl (C=O) groups excluding carboxylic acids is 2. The van der Waals surface area contributed by atoms with Crippen LogP contribution in [0.5, 0.6) is 5.75 Å². The van der Waals surface area contributed by atoms with E-state index in [1.807, 2.05) is 55.6 Å². The first kappa shape index (κ1) is 22.1. The molecule has 1 aliphatic rings. The average molecular weight is 468 g/mol. The zero-order valence-electron chi connectivity index (χ0n) is 17.7. The molecule has 2 heterocycles. The van der Waals surface area contributed by atoms with Gasteiger partial charge in [-0.15, -0.1) is 11.3 Å². The smallest absolute Gasteiger partial charge is 0.295 e. The van der Waals surface area contributed by atoms with Gasteiger partial charge in [0.2, 0.25) is 0 Å². The molecular weight excluding hydrogens is 446 g/mol. The SMILES string of the molecule is CCOc1ccc(Cl)c(/C(O)=C2\C(=O)C(=O)N(Cc3cccs3)C2c2cccc(C)c2)c1. The van der Waals surface area contributed by atoms with Gasteiger partial charge in [-0.25, -0.2) is 0 Å². The normalized spacial score (nSPS) is 17.7. The van der Waals surface area contributed by atoms with Crippen molar-refractivity contribution in [1.82, 2.24) is 4.90 Å². The quantitative estimate of drug-likeness (QED) is 0.285. The highest BCUT2D eigenvalue weighted by atomic mass is 35.5. The summed E-state index contributed by atoms with van der Waals surface area (Å²) in [6, 6.07) is 15.6. The Hall–Kier alpha value is -3.09. The van der Waals surface area contributed by atoms with E-state index in [1.54, 1.807) is 18.2 Å². The molecule has 7 heteroatoms. The van der Waals surface area contributed by atoms with Crippen molar-refractivity contribution in [1.29, 1.82) is 0 Å². The minimum absolute atomic E-state index is 0.0210. The van der Waals surface area contributed by atoms with Gasteiger partial charge in [0.15, 0.2) is 0 Å². The molecule has 1 atom stereocenters. The molecule has 1 N–H and O–H groups in total. The number of amides is 1. The zero-order chi connectivity index (χ0) is 22.8. The average Bonchev–Trinajstić information content (AvgIpc) is 3.37. The summed E-state index contributed by atoms with van der Waals surface area (Å²) in [5.41, 5.74) is 2.01. The fourth-order valence-electron chi connectivity index (χ4n) is 3.89. The molecular formula is C25H22ClNO4S. The molecule has 1 aromatic heterocycles. The Bertz CT molecular complexity index is 1200. The summed E-state index contributed by atoms with van der Waals surface area (Å²) in [7, 11) is 0. The van der Waals surface area contributed by atoms with Gasteiger partial charge in [0.05, 0.1) is 29.8 Å². The first-order chi connectivity index (χ1) is 15.4. The van der Waals surface area contributed by atoms with E-state index in [9.17, 15) is 14.7 Å². The maximum absolute atomic E-state index is 13.2. The third-order valence-electron chi connectivity index (χ3n) is 5.31. The maximum Gasteiger partial charge on any atom is 0.295 e. The van der Waals surface area contributed by atoms with E-state index in [2.05, 4.69) is 0 Å². The Morgan fingerprint density at radius 3 is 2.66 bits per heavy atom. The topological polar surface area (TPSA) is 66.8 Å². The number of halogens is 1. The van der Waals surface area contributed by atoms with Crippen LogP contribution in [0.25, 0.3) is 5.76 Å². The van der Waals surface area contributed by atoms with E-state index >= 15 is 0 Å². The van der Waals surface area contributed by atoms with Crippen molar-refractivity contribution in [3.63, 3.8) is 0 Å². The van der Waals surface area contributed by atoms with Crippen molar-refractivity contribution in [2.45, 2.75) is 26.4 Å². The molecule has 0 spiro atoms. The number of carbonyl (C=O) groups is 2. The predicted octanol–water partition coefficient (Wildman–Crippen LogP) is 5.73. The second-order valence-electron chi connectivity index (χ2n) is 7.50. The van der Waals surface area contributed by atoms with Crippen LogP contribution in [0.4, 0.5) is 0 Å². The fraction of sp³-hybridized carbons (Fsp3) is 0.200. The molecule has 0 radical (unpaired) electrons. The number of hydrogen-bond donors (Lipinski definition) is 1. The maximum atomic E-state index is 13.2. The van der Waals surface area contributed by atoms with Gasteiger partial charge >= 0.3 is 0 Å². The molecule has 32 heavy (non-hydrogen) atoms. The van der Waals surface area contributed by atoms with Crippen molar-refractivity contribution in [2.75, 3.05) is 6.61 Å². The highest BCUT2D eigenvalue weighted by Crippen LogP contribution is 2.42. The Balaban J connectivity index is 1.89. The van der Waals surface area contributed by atoms with Crippen LogP contribution in [0.1, 0.15) is 34.5 Å². The number of ether oxygens (including phenoxy) is 1. The highest BCUT2D eigenvalue weighted by Gasteiger charge is 2.46. The summed E-state index contributed by atoms with van der Waals surface area (Å²) in [6.07, 6.45) is 0. The summed E-state index contributed by atoms with van der Waals surface area (Å²) >= 11 is 7.87. The van der Waals surface area contributed by atoms with Gasteiger partial charge in [-0.05, 0) is 49.1 Å². The van der Waals surface area contributed by atoms with Crippen LogP contribution in [0.3, 0.4) is 0 Å². The molecule has 3 aromatic rings. The number of aliphatic hydroxyl groups excluding tert-OH is 1. The third kappa shape index (κ3) is 4.16. The summed E-state index contributed by atoms with van der Waals surface area (Å²) in [4.78, 5) is 28.7. The summed E-state index contributed by atoms with van der Waals surface area (Å²) in [6.45, 7) is 4.50. The number of aryl methyl sites for hydroxylation is 1. The van der Waals surface area contributed by atoms with Gasteiger partial charge in [-0.3, -0.25) is 9.59 Å². The van der Waals surface area contributed by atoms with Crippen LogP contribution in [0.15, 0.2) is 65.6 Å². The van der Waals surface area contributed by atoms with Crippen molar-refractivity contribution in [3.05, 3.63) is 92.1 Å². The van der Waals surface area contributed by atoms with Gasteiger partial charge in [0, 0.05) is 10.4 Å². The number of likely N-dealkylation sites (tertiary alicyclic amines) is 1. The number of aliphatic hydroxyl groups is 1. The van der Waals surface area contributed by atoms with Crippen LogP contribution < -0.4 is 4.74 Å². The lowest BCUT2D eigenvalue weighted by Gasteiger charge is -2.25. The van der Waals surface area contributed by atoms with E-state index < -0.39 is 17.7 Å². The molecule has 5 nitrogen and oxygen atoms in total. The number of hydrogen-bond acceptors (Lipinski definition) is 5. The monoisotopic (exact) mass is 467 g/mol. The molecule has 0 bridgehead atoms. The lowest BCUT2D eigenvalue weighted by atomic mass is 9.94. The zero-order valence-corrected chi connectivity index (χ0v) is 19.2. The molecule has 2 aromatic carbocycles. The lowest BCUT2D eigenvalue weighted by molar-refractivity contribution is -0.140. The molecule has 1 saturated heterocycles. The molecule has 1 amide bonds. The third-order valence-corrected chi connectivity index (χ3v) is 6.50. The van der Waals surface area contributed by atoms with Gasteiger partial charge in [-0.2, -0.15) is 0 Å². The summed E-state index contributed by atoms with van der Waals surface area (Å²) < 4.78 is 5.53. The van der Waals surface area contributed by atoms with Crippen molar-refractivity contribution in [3.8, 4) is 5.75 Å². The Morgan fingerprint density at radius 2 is 1.97 bits per heavy atom. The first-order valence-electron chi connectivity index (χ1n) is 10.2. The van der Waals surface area contributed by atoms with E-state index in [1.165, 1.54) is 16.2 Å². The van der Waals surface area contributed by atoms with E-state index in [-0.39, 0.29) is 28.5 Å². The fourth-order valence-corrected chi connectivity index (χ4v) is 4.80. The van der Waals surface area contributed by atoms with E-state index in [0.29, 0.717) is 12.4 Å². The van der Waals surface area contributed by atoms with E-state index in [0.717, 1.165) is 16.0 Å². The number of rotatable bonds is 6. The van der Waals surface area contributed by atoms with Gasteiger partial charge in [0.1, 0.15) is 11.5 Å². The van der Waals surface area contributed by atoms with Crippen molar-refractivity contribution in [2.24, 2.45) is 0 Å². The van der Waals surface area contributed by atoms with Gasteiger partial charge in [0.25, 0.3) is 11.7 Å². The number of thiophene rings is 1. The predicted molar refractivity (Wildman–Crippen MR) is 126 cm³/mol. The lowest BCUT2D eigenvalue weighted by Crippen LogP contribution is -2.28. The van der Waals surface area contributed by atoms with Crippen LogP contribution in [0.2, 0.25) is 5.02 Å². The largest absolute Gasteiger partial charge is 0.507 e. The molecule has 1 aliphatic heterocycles. The highest BCUT2D eigenvalue weighted by molar-refractivity contribution is 7.09. The van der Waals surface area contributed by atoms with Gasteiger partial charge < -0.3 is 14.7 Å². The van der Waals surface area contributed by atoms with Gasteiger partial charge in [-0.1, -0.05) is 47.5 Å². The number of ketones is 1. The molecule has 1 fully saturated rings. The van der Waals surface area contributed by atoms with Crippen LogP contribution in [-0.4, -0.2) is 28.3 Å². The van der Waals surface area contributed by atoms with Crippen molar-refractivity contribution >= 4 is 40.4 Å². The second-order valence-corrected chi connectivity index (χ2v) is 8.93. The molecule has 0 saturated carbocycles. The minimum atomic E-state index is -0.733. The summed E-state index contributed by atoms with van der Waals surface area (Å²) in [5.74, 6) is -1.18. The van der Waals surface area contributed by atoms with E-state index in [4.69, 9.17) is 16.3 Å². The molecule has 4 rings (SSSR count). The molecule has 1 unspecified atom stereocenters. The number of Topliss-reactive ketones (excluding diaryl/α,β-unsaturated/α-hetero) is 1. The Labute approximate surface area is 195 Å². The minimum Gasteiger partial charge on any atom is -0.507 e. The second kappa shape index (κ2) is 9.18. The first-order valence-corrected chi connectivity index (χ1v) is 11.5. The number of nitrogens with zero attached hydrogens (tertiary/aromatic N) is 1. The number of benzene rings is 2. The van der Waals surface area contributed by atoms with Crippen LogP contribution in [0, 0.1) is 6.92 Å². The Kier molecular flexibility index (Phi) is 6.35. The molecule has 0 aliphatic carbocycles. The Morgan fingerprint density at radius 1 is 1.16 bits per heavy atom. The molecule has 164 valence electrons. The van der Waals surface area contributed by atoms with Crippen LogP contribution >= 0.6 is 22.9 Å². The standard InChI is InChI=1S/C25H22ClNO4S/c1-3-31-17-9-10-20(26)19(13-17)23(28)21-22(16-7-4-6-15(2)12-16)27(25(30)24(21)29)14-18-8-5-11-32-18/h4-13,22,28H,3,14H2,1-2H3/b23-21+. The van der Waals surface area contributed by atoms with Crippen LogP contribution in [-0.2, 0) is 16.1 Å².